The number of para-hydroxylation sites is 1. The summed E-state index contributed by atoms with van der Waals surface area (Å²) in [6, 6.07) is 7.64. The van der Waals surface area contributed by atoms with Crippen molar-refractivity contribution in [3.63, 3.8) is 0 Å². The van der Waals surface area contributed by atoms with Crippen LogP contribution in [0.2, 0.25) is 0 Å². The molecule has 0 amide bonds. The highest BCUT2D eigenvalue weighted by atomic mass is 16.5. The first-order valence-electron chi connectivity index (χ1n) is 10.1. The third-order valence-electron chi connectivity index (χ3n) is 4.29. The Morgan fingerprint density at radius 1 is 1.07 bits per heavy atom. The van der Waals surface area contributed by atoms with Crippen LogP contribution in [0.15, 0.2) is 42.5 Å². The van der Waals surface area contributed by atoms with Crippen molar-refractivity contribution >= 4 is 12.0 Å². The molecule has 0 fully saturated rings. The molecule has 4 heteroatoms. The molecule has 2 N–H and O–H groups in total. The lowest BCUT2D eigenvalue weighted by molar-refractivity contribution is -0.137. The summed E-state index contributed by atoms with van der Waals surface area (Å²) in [5.41, 5.74) is 0.933. The Bertz CT molecular complexity index is 577. The Balaban J connectivity index is 2.34. The van der Waals surface area contributed by atoms with Crippen molar-refractivity contribution in [3.8, 4) is 5.75 Å². The van der Waals surface area contributed by atoms with Gasteiger partial charge in [-0.05, 0) is 18.9 Å². The molecule has 27 heavy (non-hydrogen) atoms. The van der Waals surface area contributed by atoms with Crippen LogP contribution in [0.25, 0.3) is 6.08 Å². The first kappa shape index (κ1) is 23.0. The molecule has 0 heterocycles. The van der Waals surface area contributed by atoms with Crippen LogP contribution < -0.4 is 4.74 Å². The molecule has 1 aromatic carbocycles. The second-order valence-electron chi connectivity index (χ2n) is 6.75. The van der Waals surface area contributed by atoms with Crippen LogP contribution in [0.1, 0.15) is 70.3 Å². The SMILES string of the molecule is CCCCCCCCC(O)C=CC=Cc1ccccc1OCCCC(=O)O. The van der Waals surface area contributed by atoms with E-state index in [1.165, 1.54) is 32.1 Å². The highest BCUT2D eigenvalue weighted by Crippen LogP contribution is 2.20. The predicted molar refractivity (Wildman–Crippen MR) is 111 cm³/mol. The van der Waals surface area contributed by atoms with E-state index in [4.69, 9.17) is 9.84 Å². The second kappa shape index (κ2) is 15.0. The number of aliphatic carboxylic acids is 1. The van der Waals surface area contributed by atoms with Gasteiger partial charge in [-0.15, -0.1) is 0 Å². The lowest BCUT2D eigenvalue weighted by Gasteiger charge is -2.08. The maximum absolute atomic E-state index is 10.5. The minimum atomic E-state index is -0.809. The molecule has 0 aliphatic heterocycles. The standard InChI is InChI=1S/C23H34O4/c1-2-3-4-5-6-7-15-21(24)16-10-8-13-20-14-9-11-17-22(20)27-19-12-18-23(25)26/h8-11,13-14,16-17,21,24H,2-7,12,15,18-19H2,1H3,(H,25,26). The molecule has 0 saturated carbocycles. The van der Waals surface area contributed by atoms with Crippen LogP contribution in [-0.2, 0) is 4.79 Å². The van der Waals surface area contributed by atoms with Gasteiger partial charge in [0.2, 0.25) is 0 Å². The summed E-state index contributed by atoms with van der Waals surface area (Å²) >= 11 is 0. The molecule has 1 unspecified atom stereocenters. The number of aliphatic hydroxyl groups excluding tert-OH is 1. The van der Waals surface area contributed by atoms with E-state index in [-0.39, 0.29) is 6.42 Å². The zero-order valence-electron chi connectivity index (χ0n) is 16.5. The van der Waals surface area contributed by atoms with E-state index in [9.17, 15) is 9.90 Å². The van der Waals surface area contributed by atoms with Crippen LogP contribution >= 0.6 is 0 Å². The molecule has 0 bridgehead atoms. The Kier molecular flexibility index (Phi) is 12.8. The van der Waals surface area contributed by atoms with E-state index in [0.717, 1.165) is 24.2 Å². The molecule has 0 aliphatic carbocycles. The lowest BCUT2D eigenvalue weighted by atomic mass is 10.1. The predicted octanol–water partition coefficient (Wildman–Crippen LogP) is 5.61. The number of rotatable bonds is 15. The number of hydrogen-bond donors (Lipinski definition) is 2. The minimum absolute atomic E-state index is 0.108. The summed E-state index contributed by atoms with van der Waals surface area (Å²) in [4.78, 5) is 10.5. The van der Waals surface area contributed by atoms with E-state index < -0.39 is 12.1 Å². The van der Waals surface area contributed by atoms with Gasteiger partial charge < -0.3 is 14.9 Å². The van der Waals surface area contributed by atoms with Crippen LogP contribution in [0.5, 0.6) is 5.75 Å². The molecular weight excluding hydrogens is 340 g/mol. The molecule has 0 aromatic heterocycles. The van der Waals surface area contributed by atoms with Gasteiger partial charge in [0.25, 0.3) is 0 Å². The van der Waals surface area contributed by atoms with Crippen LogP contribution in [0, 0.1) is 0 Å². The van der Waals surface area contributed by atoms with E-state index in [1.807, 2.05) is 48.6 Å². The van der Waals surface area contributed by atoms with Crippen molar-refractivity contribution < 1.29 is 19.7 Å². The number of carboxylic acid groups (broad SMARTS) is 1. The summed E-state index contributed by atoms with van der Waals surface area (Å²) < 4.78 is 5.67. The van der Waals surface area contributed by atoms with Gasteiger partial charge in [0, 0.05) is 12.0 Å². The molecule has 4 nitrogen and oxygen atoms in total. The summed E-state index contributed by atoms with van der Waals surface area (Å²) in [5, 5.41) is 18.7. The van der Waals surface area contributed by atoms with Gasteiger partial charge in [0.1, 0.15) is 5.75 Å². The molecule has 0 radical (unpaired) electrons. The largest absolute Gasteiger partial charge is 0.493 e. The topological polar surface area (TPSA) is 66.8 Å². The van der Waals surface area contributed by atoms with Crippen LogP contribution in [0.4, 0.5) is 0 Å². The molecule has 1 rings (SSSR count). The Labute approximate surface area is 163 Å². The number of aliphatic hydroxyl groups is 1. The number of ether oxygens (including phenoxy) is 1. The van der Waals surface area contributed by atoms with Crippen molar-refractivity contribution in [2.45, 2.75) is 70.8 Å². The van der Waals surface area contributed by atoms with Gasteiger partial charge in [-0.1, -0.05) is 88.0 Å². The van der Waals surface area contributed by atoms with Crippen LogP contribution in [0.3, 0.4) is 0 Å². The van der Waals surface area contributed by atoms with Gasteiger partial charge in [-0.25, -0.2) is 0 Å². The molecule has 0 spiro atoms. The van der Waals surface area contributed by atoms with Crippen molar-refractivity contribution in [2.24, 2.45) is 0 Å². The number of unbranched alkanes of at least 4 members (excludes halogenated alkanes) is 5. The Morgan fingerprint density at radius 2 is 1.81 bits per heavy atom. The highest BCUT2D eigenvalue weighted by Gasteiger charge is 2.01. The van der Waals surface area contributed by atoms with E-state index in [2.05, 4.69) is 6.92 Å². The van der Waals surface area contributed by atoms with Gasteiger partial charge in [0.15, 0.2) is 0 Å². The smallest absolute Gasteiger partial charge is 0.303 e. The van der Waals surface area contributed by atoms with Crippen LogP contribution in [-0.4, -0.2) is 28.9 Å². The van der Waals surface area contributed by atoms with Gasteiger partial charge in [-0.2, -0.15) is 0 Å². The van der Waals surface area contributed by atoms with E-state index in [0.29, 0.717) is 13.0 Å². The minimum Gasteiger partial charge on any atom is -0.493 e. The van der Waals surface area contributed by atoms with Crippen molar-refractivity contribution in [1.29, 1.82) is 0 Å². The average molecular weight is 375 g/mol. The summed E-state index contributed by atoms with van der Waals surface area (Å²) in [7, 11) is 0. The fourth-order valence-corrected chi connectivity index (χ4v) is 2.74. The maximum Gasteiger partial charge on any atom is 0.303 e. The highest BCUT2D eigenvalue weighted by molar-refractivity contribution is 5.66. The summed E-state index contributed by atoms with van der Waals surface area (Å²) in [6.07, 6.45) is 15.9. The van der Waals surface area contributed by atoms with Gasteiger partial charge >= 0.3 is 5.97 Å². The average Bonchev–Trinajstić information content (AvgIpc) is 2.66. The molecule has 150 valence electrons. The fourth-order valence-electron chi connectivity index (χ4n) is 2.74. The zero-order valence-corrected chi connectivity index (χ0v) is 16.5. The number of hydrogen-bond acceptors (Lipinski definition) is 3. The molecule has 1 aromatic rings. The fraction of sp³-hybridized carbons (Fsp3) is 0.522. The normalized spacial score (nSPS) is 12.7. The Morgan fingerprint density at radius 3 is 2.59 bits per heavy atom. The number of benzene rings is 1. The first-order chi connectivity index (χ1) is 13.1. The van der Waals surface area contributed by atoms with Crippen molar-refractivity contribution in [2.75, 3.05) is 6.61 Å². The van der Waals surface area contributed by atoms with E-state index in [1.54, 1.807) is 0 Å². The number of carbonyl (C=O) groups is 1. The van der Waals surface area contributed by atoms with Gasteiger partial charge in [0.05, 0.1) is 12.7 Å². The molecule has 0 aliphatic rings. The lowest BCUT2D eigenvalue weighted by Crippen LogP contribution is -2.02. The molecule has 1 atom stereocenters. The van der Waals surface area contributed by atoms with Gasteiger partial charge in [-0.3, -0.25) is 4.79 Å². The zero-order chi connectivity index (χ0) is 19.7. The Hall–Kier alpha value is -2.07. The van der Waals surface area contributed by atoms with Crippen molar-refractivity contribution in [3.05, 3.63) is 48.1 Å². The number of allylic oxidation sites excluding steroid dienone is 2. The van der Waals surface area contributed by atoms with E-state index >= 15 is 0 Å². The summed E-state index contributed by atoms with van der Waals surface area (Å²) in [5.74, 6) is -0.0726. The first-order valence-corrected chi connectivity index (χ1v) is 10.1. The molecular formula is C23H34O4. The van der Waals surface area contributed by atoms with Crippen molar-refractivity contribution in [1.82, 2.24) is 0 Å². The number of carboxylic acids is 1. The second-order valence-corrected chi connectivity index (χ2v) is 6.75. The quantitative estimate of drug-likeness (QED) is 0.309. The third-order valence-corrected chi connectivity index (χ3v) is 4.29. The monoisotopic (exact) mass is 374 g/mol. The third kappa shape index (κ3) is 12.0. The molecule has 0 saturated heterocycles. The maximum atomic E-state index is 10.5. The summed E-state index contributed by atoms with van der Waals surface area (Å²) in [6.45, 7) is 2.59.